The van der Waals surface area contributed by atoms with Gasteiger partial charge in [0.05, 0.1) is 0 Å². The van der Waals surface area contributed by atoms with E-state index in [1.54, 1.807) is 30.3 Å². The van der Waals surface area contributed by atoms with Crippen molar-refractivity contribution in [3.63, 3.8) is 0 Å². The number of hydrogen-bond acceptors (Lipinski definition) is 2. The fourth-order valence-electron chi connectivity index (χ4n) is 1.98. The molecule has 0 aromatic heterocycles. The molecular formula is C14H18N2O3. The smallest absolute Gasteiger partial charge is 0.330 e. The molecule has 5 nitrogen and oxygen atoms in total. The van der Waals surface area contributed by atoms with E-state index in [1.165, 1.54) is 0 Å². The van der Waals surface area contributed by atoms with Crippen LogP contribution in [0.1, 0.15) is 31.9 Å². The quantitative estimate of drug-likeness (QED) is 0.775. The molecular weight excluding hydrogens is 244 g/mol. The summed E-state index contributed by atoms with van der Waals surface area (Å²) in [5.74, 6) is -1.07. The highest BCUT2D eigenvalue weighted by atomic mass is 16.4. The number of benzene rings is 1. The van der Waals surface area contributed by atoms with Gasteiger partial charge in [-0.25, -0.2) is 9.59 Å². The predicted molar refractivity (Wildman–Crippen MR) is 70.7 cm³/mol. The zero-order valence-corrected chi connectivity index (χ0v) is 11.0. The Balaban J connectivity index is 1.98. The number of carboxylic acids is 1. The normalized spacial score (nSPS) is 21.3. The van der Waals surface area contributed by atoms with Gasteiger partial charge >= 0.3 is 12.0 Å². The summed E-state index contributed by atoms with van der Waals surface area (Å²) in [6.07, 6.45) is 0.920. The van der Waals surface area contributed by atoms with E-state index in [0.717, 1.165) is 6.42 Å². The van der Waals surface area contributed by atoms with Gasteiger partial charge in [-0.15, -0.1) is 0 Å². The van der Waals surface area contributed by atoms with Gasteiger partial charge in [0, 0.05) is 6.04 Å². The first-order valence-corrected chi connectivity index (χ1v) is 6.25. The van der Waals surface area contributed by atoms with Gasteiger partial charge in [-0.2, -0.15) is 0 Å². The Morgan fingerprint density at radius 1 is 1.32 bits per heavy atom. The molecule has 1 aromatic carbocycles. The largest absolute Gasteiger partial charge is 0.479 e. The van der Waals surface area contributed by atoms with Gasteiger partial charge < -0.3 is 15.7 Å². The molecule has 1 saturated carbocycles. The van der Waals surface area contributed by atoms with E-state index >= 15 is 0 Å². The van der Waals surface area contributed by atoms with Gasteiger partial charge in [0.1, 0.15) is 0 Å². The molecule has 0 heterocycles. The topological polar surface area (TPSA) is 78.4 Å². The summed E-state index contributed by atoms with van der Waals surface area (Å²) in [6.45, 7) is 4.12. The van der Waals surface area contributed by atoms with Gasteiger partial charge in [0.15, 0.2) is 6.04 Å². The van der Waals surface area contributed by atoms with Crippen molar-refractivity contribution in [1.29, 1.82) is 0 Å². The van der Waals surface area contributed by atoms with Crippen LogP contribution in [0.2, 0.25) is 0 Å². The molecule has 102 valence electrons. The number of rotatable bonds is 4. The van der Waals surface area contributed by atoms with Crippen LogP contribution in [0, 0.1) is 5.41 Å². The average molecular weight is 262 g/mol. The first kappa shape index (κ1) is 13.4. The van der Waals surface area contributed by atoms with Gasteiger partial charge in [0.2, 0.25) is 0 Å². The van der Waals surface area contributed by atoms with E-state index in [1.807, 2.05) is 0 Å². The van der Waals surface area contributed by atoms with Gasteiger partial charge in [-0.1, -0.05) is 44.2 Å². The lowest BCUT2D eigenvalue weighted by Gasteiger charge is -2.16. The highest BCUT2D eigenvalue weighted by Crippen LogP contribution is 2.44. The Labute approximate surface area is 112 Å². The minimum Gasteiger partial charge on any atom is -0.479 e. The second-order valence-electron chi connectivity index (χ2n) is 5.55. The zero-order valence-electron chi connectivity index (χ0n) is 11.0. The Morgan fingerprint density at radius 2 is 1.89 bits per heavy atom. The Bertz CT molecular complexity index is 485. The number of aliphatic carboxylic acids is 1. The number of carboxylic acid groups (broad SMARTS) is 1. The number of carbonyl (C=O) groups excluding carboxylic acids is 1. The molecule has 0 radical (unpaired) electrons. The molecule has 2 rings (SSSR count). The first-order valence-electron chi connectivity index (χ1n) is 6.25. The first-order chi connectivity index (χ1) is 8.90. The van der Waals surface area contributed by atoms with Crippen LogP contribution in [0.4, 0.5) is 4.79 Å². The molecule has 1 fully saturated rings. The van der Waals surface area contributed by atoms with Crippen LogP contribution in [-0.4, -0.2) is 23.1 Å². The lowest BCUT2D eigenvalue weighted by atomic mass is 10.1. The third-order valence-corrected chi connectivity index (χ3v) is 3.47. The Morgan fingerprint density at radius 3 is 2.37 bits per heavy atom. The monoisotopic (exact) mass is 262 g/mol. The molecule has 5 heteroatoms. The second-order valence-corrected chi connectivity index (χ2v) is 5.55. The molecule has 1 aliphatic rings. The van der Waals surface area contributed by atoms with Crippen LogP contribution in [0.25, 0.3) is 0 Å². The summed E-state index contributed by atoms with van der Waals surface area (Å²) in [5.41, 5.74) is 0.670. The molecule has 3 N–H and O–H groups in total. The van der Waals surface area contributed by atoms with Crippen molar-refractivity contribution in [2.45, 2.75) is 32.4 Å². The van der Waals surface area contributed by atoms with Crippen molar-refractivity contribution in [2.24, 2.45) is 5.41 Å². The summed E-state index contributed by atoms with van der Waals surface area (Å²) in [7, 11) is 0. The minimum atomic E-state index is -1.07. The third kappa shape index (κ3) is 3.24. The van der Waals surface area contributed by atoms with Crippen LogP contribution in [0.15, 0.2) is 30.3 Å². The standard InChI is InChI=1S/C14H18N2O3/c1-14(2)8-10(14)15-13(19)16-11(12(17)18)9-6-4-3-5-7-9/h3-7,10-11H,8H2,1-2H3,(H,17,18)(H2,15,16,19)/t10?,11-/m1/s1. The maximum atomic E-state index is 11.8. The van der Waals surface area contributed by atoms with Gasteiger partial charge in [0.25, 0.3) is 0 Å². The van der Waals surface area contributed by atoms with Gasteiger partial charge in [-0.3, -0.25) is 0 Å². The average Bonchev–Trinajstić information content (AvgIpc) is 2.94. The lowest BCUT2D eigenvalue weighted by molar-refractivity contribution is -0.139. The van der Waals surface area contributed by atoms with Crippen molar-refractivity contribution in [3.8, 4) is 0 Å². The predicted octanol–water partition coefficient (Wildman–Crippen LogP) is 1.91. The van der Waals surface area contributed by atoms with E-state index in [-0.39, 0.29) is 11.5 Å². The fourth-order valence-corrected chi connectivity index (χ4v) is 1.98. The van der Waals surface area contributed by atoms with Crippen molar-refractivity contribution in [1.82, 2.24) is 10.6 Å². The molecule has 1 aliphatic carbocycles. The summed E-state index contributed by atoms with van der Waals surface area (Å²) in [6, 6.07) is 7.31. The SMILES string of the molecule is CC1(C)CC1NC(=O)N[C@@H](C(=O)O)c1ccccc1. The number of hydrogen-bond donors (Lipinski definition) is 3. The Kier molecular flexibility index (Phi) is 3.46. The number of carbonyl (C=O) groups is 2. The highest BCUT2D eigenvalue weighted by Gasteiger charge is 2.46. The van der Waals surface area contributed by atoms with E-state index in [9.17, 15) is 14.7 Å². The molecule has 2 atom stereocenters. The van der Waals surface area contributed by atoms with E-state index in [0.29, 0.717) is 5.56 Å². The lowest BCUT2D eigenvalue weighted by Crippen LogP contribution is -2.42. The number of nitrogens with one attached hydrogen (secondary N) is 2. The molecule has 0 spiro atoms. The van der Waals surface area contributed by atoms with Crippen LogP contribution in [-0.2, 0) is 4.79 Å². The van der Waals surface area contributed by atoms with E-state index in [4.69, 9.17) is 0 Å². The fraction of sp³-hybridized carbons (Fsp3) is 0.429. The molecule has 2 amide bonds. The number of amides is 2. The maximum absolute atomic E-state index is 11.8. The van der Waals surface area contributed by atoms with Crippen molar-refractivity contribution >= 4 is 12.0 Å². The van der Waals surface area contributed by atoms with Crippen molar-refractivity contribution in [2.75, 3.05) is 0 Å². The summed E-state index contributed by atoms with van der Waals surface area (Å²) in [4.78, 5) is 23.0. The van der Waals surface area contributed by atoms with Gasteiger partial charge in [-0.05, 0) is 17.4 Å². The van der Waals surface area contributed by atoms with Crippen LogP contribution in [0.5, 0.6) is 0 Å². The third-order valence-electron chi connectivity index (χ3n) is 3.47. The molecule has 1 unspecified atom stereocenters. The molecule has 1 aromatic rings. The Hall–Kier alpha value is -2.04. The van der Waals surface area contributed by atoms with E-state index < -0.39 is 18.0 Å². The molecule has 0 bridgehead atoms. The second kappa shape index (κ2) is 4.91. The van der Waals surface area contributed by atoms with Crippen LogP contribution < -0.4 is 10.6 Å². The van der Waals surface area contributed by atoms with Crippen LogP contribution >= 0.6 is 0 Å². The number of urea groups is 1. The zero-order chi connectivity index (χ0) is 14.0. The maximum Gasteiger partial charge on any atom is 0.330 e. The molecule has 0 saturated heterocycles. The van der Waals surface area contributed by atoms with Crippen molar-refractivity contribution < 1.29 is 14.7 Å². The summed E-state index contributed by atoms with van der Waals surface area (Å²) >= 11 is 0. The summed E-state index contributed by atoms with van der Waals surface area (Å²) in [5, 5.41) is 14.5. The van der Waals surface area contributed by atoms with Crippen LogP contribution in [0.3, 0.4) is 0 Å². The highest BCUT2D eigenvalue weighted by molar-refractivity contribution is 5.84. The van der Waals surface area contributed by atoms with Crippen molar-refractivity contribution in [3.05, 3.63) is 35.9 Å². The molecule has 0 aliphatic heterocycles. The summed E-state index contributed by atoms with van der Waals surface area (Å²) < 4.78 is 0. The molecule has 19 heavy (non-hydrogen) atoms. The van der Waals surface area contributed by atoms with E-state index in [2.05, 4.69) is 24.5 Å². The minimum absolute atomic E-state index is 0.114.